The Kier molecular flexibility index (Phi) is 3.54. The van der Waals surface area contributed by atoms with Gasteiger partial charge in [-0.1, -0.05) is 0 Å². The molecule has 1 heterocycles. The summed E-state index contributed by atoms with van der Waals surface area (Å²) in [6, 6.07) is 5.58. The molecule has 0 fully saturated rings. The number of rotatable bonds is 4. The van der Waals surface area contributed by atoms with Gasteiger partial charge in [-0.05, 0) is 38.5 Å². The number of benzene rings is 1. The normalized spacial score (nSPS) is 14.9. The van der Waals surface area contributed by atoms with Crippen molar-refractivity contribution in [3.05, 3.63) is 24.0 Å². The molecule has 0 bridgehead atoms. The highest BCUT2D eigenvalue weighted by atomic mass is 16.3. The maximum Gasteiger partial charge on any atom is 0.135 e. The molecule has 0 saturated carbocycles. The fraction of sp³-hybridized carbons (Fsp3) is 0.462. The summed E-state index contributed by atoms with van der Waals surface area (Å²) in [4.78, 5) is 4.37. The van der Waals surface area contributed by atoms with Crippen LogP contribution in [-0.4, -0.2) is 25.9 Å². The van der Waals surface area contributed by atoms with Crippen LogP contribution in [0.2, 0.25) is 0 Å². The van der Waals surface area contributed by atoms with Crippen LogP contribution in [0.5, 0.6) is 0 Å². The Bertz CT molecular complexity index is 548. The highest BCUT2D eigenvalue weighted by molar-refractivity contribution is 5.79. The maximum absolute atomic E-state index is 9.49. The largest absolute Gasteiger partial charge is 0.399 e. The van der Waals surface area contributed by atoms with E-state index in [9.17, 15) is 10.2 Å². The van der Waals surface area contributed by atoms with Gasteiger partial charge < -0.3 is 20.5 Å². The van der Waals surface area contributed by atoms with Gasteiger partial charge in [0.15, 0.2) is 0 Å². The third-order valence-electron chi connectivity index (χ3n) is 3.05. The molecule has 18 heavy (non-hydrogen) atoms. The van der Waals surface area contributed by atoms with Crippen LogP contribution in [0.3, 0.4) is 0 Å². The lowest BCUT2D eigenvalue weighted by atomic mass is 10.1. The molecule has 0 aliphatic rings. The minimum atomic E-state index is -0.391. The molecule has 0 saturated heterocycles. The van der Waals surface area contributed by atoms with Crippen molar-refractivity contribution in [1.29, 1.82) is 0 Å². The number of imidazole rings is 1. The Morgan fingerprint density at radius 2 is 2.11 bits per heavy atom. The zero-order valence-electron chi connectivity index (χ0n) is 10.7. The Morgan fingerprint density at radius 3 is 2.72 bits per heavy atom. The first-order valence-corrected chi connectivity index (χ1v) is 6.08. The standard InChI is InChI=1S/C13H19N3O2/c1-8(5-9(2)18)16-12-4-3-10(14)6-11(12)15-13(16)7-17/h3-4,6,8-9,17-18H,5,7,14H2,1-2H3. The van der Waals surface area contributed by atoms with Crippen LogP contribution in [0, 0.1) is 0 Å². The Labute approximate surface area is 106 Å². The van der Waals surface area contributed by atoms with Gasteiger partial charge in [0.2, 0.25) is 0 Å². The molecule has 0 aliphatic heterocycles. The molecular weight excluding hydrogens is 230 g/mol. The van der Waals surface area contributed by atoms with Crippen molar-refractivity contribution in [3.63, 3.8) is 0 Å². The third kappa shape index (κ3) is 2.32. The van der Waals surface area contributed by atoms with Crippen LogP contribution >= 0.6 is 0 Å². The lowest BCUT2D eigenvalue weighted by Gasteiger charge is -2.18. The van der Waals surface area contributed by atoms with E-state index in [0.29, 0.717) is 17.9 Å². The van der Waals surface area contributed by atoms with Gasteiger partial charge in [-0.25, -0.2) is 4.98 Å². The number of nitrogens with zero attached hydrogens (tertiary/aromatic N) is 2. The highest BCUT2D eigenvalue weighted by Crippen LogP contribution is 2.25. The molecule has 0 amide bonds. The predicted octanol–water partition coefficient (Wildman–Crippen LogP) is 1.44. The number of hydrogen-bond donors (Lipinski definition) is 3. The minimum Gasteiger partial charge on any atom is -0.399 e. The predicted molar refractivity (Wildman–Crippen MR) is 71.1 cm³/mol. The summed E-state index contributed by atoms with van der Waals surface area (Å²) in [5.41, 5.74) is 8.09. The molecule has 0 aliphatic carbocycles. The van der Waals surface area contributed by atoms with Crippen LogP contribution in [0.15, 0.2) is 18.2 Å². The number of aliphatic hydroxyl groups excluding tert-OH is 2. The van der Waals surface area contributed by atoms with Crippen molar-refractivity contribution in [2.24, 2.45) is 0 Å². The lowest BCUT2D eigenvalue weighted by Crippen LogP contribution is -2.14. The van der Waals surface area contributed by atoms with E-state index in [1.54, 1.807) is 13.0 Å². The van der Waals surface area contributed by atoms with Gasteiger partial charge in [0, 0.05) is 11.7 Å². The second-order valence-corrected chi connectivity index (χ2v) is 4.74. The van der Waals surface area contributed by atoms with Crippen LogP contribution in [-0.2, 0) is 6.61 Å². The summed E-state index contributed by atoms with van der Waals surface area (Å²) >= 11 is 0. The van der Waals surface area contributed by atoms with E-state index < -0.39 is 6.10 Å². The number of fused-ring (bicyclic) bond motifs is 1. The van der Waals surface area contributed by atoms with Gasteiger partial charge in [-0.2, -0.15) is 0 Å². The van der Waals surface area contributed by atoms with Crippen LogP contribution < -0.4 is 5.73 Å². The molecule has 0 radical (unpaired) electrons. The molecule has 2 unspecified atom stereocenters. The van der Waals surface area contributed by atoms with Crippen molar-refractivity contribution in [3.8, 4) is 0 Å². The molecule has 1 aromatic heterocycles. The van der Waals surface area contributed by atoms with Gasteiger partial charge in [0.1, 0.15) is 12.4 Å². The summed E-state index contributed by atoms with van der Waals surface area (Å²) in [7, 11) is 0. The minimum absolute atomic E-state index is 0.0702. The first-order valence-electron chi connectivity index (χ1n) is 6.08. The van der Waals surface area contributed by atoms with Crippen molar-refractivity contribution < 1.29 is 10.2 Å². The summed E-state index contributed by atoms with van der Waals surface area (Å²) in [5, 5.41) is 18.9. The molecule has 5 nitrogen and oxygen atoms in total. The van der Waals surface area contributed by atoms with Crippen molar-refractivity contribution in [1.82, 2.24) is 9.55 Å². The molecule has 1 aromatic carbocycles. The molecule has 5 heteroatoms. The van der Waals surface area contributed by atoms with Crippen molar-refractivity contribution in [2.45, 2.75) is 39.0 Å². The Hall–Kier alpha value is -1.59. The van der Waals surface area contributed by atoms with Crippen LogP contribution in [0.4, 0.5) is 5.69 Å². The smallest absolute Gasteiger partial charge is 0.135 e. The number of hydrogen-bond acceptors (Lipinski definition) is 4. The molecule has 2 aromatic rings. The SMILES string of the molecule is CC(O)CC(C)n1c(CO)nc2cc(N)ccc21. The first-order chi connectivity index (χ1) is 8.52. The van der Waals surface area contributed by atoms with E-state index in [1.165, 1.54) is 0 Å². The van der Waals surface area contributed by atoms with Crippen LogP contribution in [0.1, 0.15) is 32.1 Å². The molecule has 98 valence electrons. The number of nitrogen functional groups attached to an aromatic ring is 1. The Balaban J connectivity index is 2.53. The molecule has 2 rings (SSSR count). The summed E-state index contributed by atoms with van der Waals surface area (Å²) < 4.78 is 1.96. The number of aromatic nitrogens is 2. The maximum atomic E-state index is 9.49. The topological polar surface area (TPSA) is 84.3 Å². The van der Waals surface area contributed by atoms with E-state index >= 15 is 0 Å². The van der Waals surface area contributed by atoms with Crippen molar-refractivity contribution >= 4 is 16.7 Å². The van der Waals surface area contributed by atoms with Gasteiger partial charge in [-0.3, -0.25) is 0 Å². The summed E-state index contributed by atoms with van der Waals surface area (Å²) in [6.45, 7) is 3.63. The summed E-state index contributed by atoms with van der Waals surface area (Å²) in [6.07, 6.45) is 0.223. The number of anilines is 1. The average molecular weight is 249 g/mol. The van der Waals surface area contributed by atoms with E-state index in [2.05, 4.69) is 4.98 Å². The van der Waals surface area contributed by atoms with Crippen molar-refractivity contribution in [2.75, 3.05) is 5.73 Å². The zero-order valence-corrected chi connectivity index (χ0v) is 10.7. The monoisotopic (exact) mass is 249 g/mol. The second-order valence-electron chi connectivity index (χ2n) is 4.74. The lowest BCUT2D eigenvalue weighted by molar-refractivity contribution is 0.163. The average Bonchev–Trinajstić information content (AvgIpc) is 2.65. The van der Waals surface area contributed by atoms with E-state index in [4.69, 9.17) is 5.73 Å². The van der Waals surface area contributed by atoms with Crippen LogP contribution in [0.25, 0.3) is 11.0 Å². The quantitative estimate of drug-likeness (QED) is 0.716. The van der Waals surface area contributed by atoms with E-state index in [0.717, 1.165) is 11.0 Å². The first kappa shape index (κ1) is 12.9. The Morgan fingerprint density at radius 1 is 1.39 bits per heavy atom. The third-order valence-corrected chi connectivity index (χ3v) is 3.05. The fourth-order valence-corrected chi connectivity index (χ4v) is 2.37. The highest BCUT2D eigenvalue weighted by Gasteiger charge is 2.16. The molecule has 0 spiro atoms. The second kappa shape index (κ2) is 4.96. The number of nitrogens with two attached hydrogens (primary N) is 1. The molecule has 2 atom stereocenters. The number of aliphatic hydroxyl groups is 2. The molecule has 4 N–H and O–H groups in total. The summed E-state index contributed by atoms with van der Waals surface area (Å²) in [5.74, 6) is 0.601. The van der Waals surface area contributed by atoms with E-state index in [1.807, 2.05) is 23.6 Å². The van der Waals surface area contributed by atoms with Gasteiger partial charge in [0.25, 0.3) is 0 Å². The van der Waals surface area contributed by atoms with Gasteiger partial charge in [-0.15, -0.1) is 0 Å². The van der Waals surface area contributed by atoms with E-state index in [-0.39, 0.29) is 12.6 Å². The molecular formula is C13H19N3O2. The van der Waals surface area contributed by atoms with Gasteiger partial charge >= 0.3 is 0 Å². The fourth-order valence-electron chi connectivity index (χ4n) is 2.37. The van der Waals surface area contributed by atoms with Gasteiger partial charge in [0.05, 0.1) is 17.1 Å². The zero-order chi connectivity index (χ0) is 13.3.